The summed E-state index contributed by atoms with van der Waals surface area (Å²) in [6.07, 6.45) is 13.2. The van der Waals surface area contributed by atoms with Gasteiger partial charge in [-0.25, -0.2) is 0 Å². The number of rotatable bonds is 11. The molecule has 0 amide bonds. The summed E-state index contributed by atoms with van der Waals surface area (Å²) in [5.41, 5.74) is 3.07. The third-order valence-electron chi connectivity index (χ3n) is 4.28. The first kappa shape index (κ1) is 19.2. The number of hydrogen-bond donors (Lipinski definition) is 0. The highest BCUT2D eigenvalue weighted by Gasteiger charge is 2.12. The summed E-state index contributed by atoms with van der Waals surface area (Å²) in [7, 11) is 0. The lowest BCUT2D eigenvalue weighted by atomic mass is 10.1. The molecule has 2 heterocycles. The van der Waals surface area contributed by atoms with Gasteiger partial charge in [0.1, 0.15) is 0 Å². The van der Waals surface area contributed by atoms with Crippen LogP contribution in [0.5, 0.6) is 0 Å². The summed E-state index contributed by atoms with van der Waals surface area (Å²) in [6, 6.07) is 4.77. The SMILES string of the molecule is CCCCCCc1csc(-c2sc(Br)cc2CCCCCC)c1. The molecule has 2 rings (SSSR count). The summed E-state index contributed by atoms with van der Waals surface area (Å²) in [5, 5.41) is 2.37. The van der Waals surface area contributed by atoms with Crippen LogP contribution in [0.15, 0.2) is 21.3 Å². The third-order valence-corrected chi connectivity index (χ3v) is 7.11. The van der Waals surface area contributed by atoms with Gasteiger partial charge in [0, 0.05) is 9.75 Å². The van der Waals surface area contributed by atoms with Crippen molar-refractivity contribution < 1.29 is 0 Å². The Hall–Kier alpha value is -0.120. The second-order valence-electron chi connectivity index (χ2n) is 6.35. The van der Waals surface area contributed by atoms with E-state index in [0.717, 1.165) is 0 Å². The van der Waals surface area contributed by atoms with Crippen LogP contribution in [-0.4, -0.2) is 0 Å². The van der Waals surface area contributed by atoms with E-state index >= 15 is 0 Å². The van der Waals surface area contributed by atoms with Gasteiger partial charge in [0.25, 0.3) is 0 Å². The molecule has 0 atom stereocenters. The molecule has 0 N–H and O–H groups in total. The van der Waals surface area contributed by atoms with Crippen LogP contribution in [0, 0.1) is 0 Å². The quantitative estimate of drug-likeness (QED) is 0.324. The van der Waals surface area contributed by atoms with Crippen molar-refractivity contribution in [3.63, 3.8) is 0 Å². The van der Waals surface area contributed by atoms with Crippen LogP contribution < -0.4 is 0 Å². The van der Waals surface area contributed by atoms with Crippen LogP contribution in [0.2, 0.25) is 0 Å². The van der Waals surface area contributed by atoms with E-state index in [2.05, 4.69) is 47.3 Å². The monoisotopic (exact) mass is 412 g/mol. The highest BCUT2D eigenvalue weighted by atomic mass is 79.9. The molecule has 2 aromatic heterocycles. The fraction of sp³-hybridized carbons (Fsp3) is 0.600. The van der Waals surface area contributed by atoms with Gasteiger partial charge in [-0.1, -0.05) is 52.4 Å². The molecule has 23 heavy (non-hydrogen) atoms. The topological polar surface area (TPSA) is 0 Å². The minimum Gasteiger partial charge on any atom is -0.143 e. The standard InChI is InChI=1S/C20H29BrS2/c1-3-5-7-9-11-16-13-18(22-15-16)20-17(14-19(21)23-20)12-10-8-6-4-2/h13-15H,3-12H2,1-2H3. The maximum absolute atomic E-state index is 3.69. The van der Waals surface area contributed by atoms with Crippen LogP contribution in [-0.2, 0) is 12.8 Å². The van der Waals surface area contributed by atoms with Gasteiger partial charge in [0.05, 0.1) is 3.79 Å². The predicted octanol–water partition coefficient (Wildman–Crippen LogP) is 8.48. The molecule has 0 bridgehead atoms. The summed E-state index contributed by atoms with van der Waals surface area (Å²) < 4.78 is 1.27. The predicted molar refractivity (Wildman–Crippen MR) is 111 cm³/mol. The minimum atomic E-state index is 1.22. The van der Waals surface area contributed by atoms with Gasteiger partial charge >= 0.3 is 0 Å². The summed E-state index contributed by atoms with van der Waals surface area (Å²) in [5.74, 6) is 0. The van der Waals surface area contributed by atoms with Gasteiger partial charge in [-0.15, -0.1) is 22.7 Å². The van der Waals surface area contributed by atoms with Crippen molar-refractivity contribution in [2.24, 2.45) is 0 Å². The van der Waals surface area contributed by atoms with Crippen LogP contribution >= 0.6 is 38.6 Å². The maximum Gasteiger partial charge on any atom is 0.0708 e. The summed E-state index contributed by atoms with van der Waals surface area (Å²) >= 11 is 7.52. The molecular formula is C20H29BrS2. The Morgan fingerprint density at radius 1 is 0.870 bits per heavy atom. The highest BCUT2D eigenvalue weighted by Crippen LogP contribution is 2.39. The molecule has 0 aliphatic rings. The minimum absolute atomic E-state index is 1.22. The molecule has 0 aliphatic heterocycles. The lowest BCUT2D eigenvalue weighted by Crippen LogP contribution is -1.85. The molecule has 0 saturated carbocycles. The first-order valence-corrected chi connectivity index (χ1v) is 11.6. The Morgan fingerprint density at radius 2 is 1.57 bits per heavy atom. The van der Waals surface area contributed by atoms with Crippen molar-refractivity contribution in [3.8, 4) is 9.75 Å². The number of halogens is 1. The molecule has 0 aliphatic carbocycles. The van der Waals surface area contributed by atoms with Crippen LogP contribution in [0.25, 0.3) is 9.75 Å². The Bertz CT molecular complexity index is 568. The maximum atomic E-state index is 3.69. The molecule has 0 nitrogen and oxygen atoms in total. The van der Waals surface area contributed by atoms with E-state index in [1.807, 2.05) is 22.7 Å². The van der Waals surface area contributed by atoms with Gasteiger partial charge < -0.3 is 0 Å². The van der Waals surface area contributed by atoms with E-state index in [1.165, 1.54) is 88.9 Å². The zero-order chi connectivity index (χ0) is 16.5. The molecule has 0 saturated heterocycles. The second kappa shape index (κ2) is 10.7. The number of hydrogen-bond acceptors (Lipinski definition) is 2. The Kier molecular flexibility index (Phi) is 8.92. The van der Waals surface area contributed by atoms with Crippen LogP contribution in [0.3, 0.4) is 0 Å². The average Bonchev–Trinajstić information content (AvgIpc) is 3.14. The number of aryl methyl sites for hydroxylation is 2. The largest absolute Gasteiger partial charge is 0.143 e. The molecule has 128 valence electrons. The van der Waals surface area contributed by atoms with E-state index in [0.29, 0.717) is 0 Å². The van der Waals surface area contributed by atoms with Crippen molar-refractivity contribution in [2.45, 2.75) is 78.1 Å². The Labute approximate surface area is 158 Å². The van der Waals surface area contributed by atoms with Gasteiger partial charge in [0.2, 0.25) is 0 Å². The van der Waals surface area contributed by atoms with Crippen LogP contribution in [0.4, 0.5) is 0 Å². The molecule has 3 heteroatoms. The normalized spacial score (nSPS) is 11.3. The van der Waals surface area contributed by atoms with Crippen molar-refractivity contribution in [1.82, 2.24) is 0 Å². The summed E-state index contributed by atoms with van der Waals surface area (Å²) in [6.45, 7) is 4.56. The smallest absolute Gasteiger partial charge is 0.0708 e. The van der Waals surface area contributed by atoms with Gasteiger partial charge in [-0.05, 0) is 70.3 Å². The van der Waals surface area contributed by atoms with Gasteiger partial charge in [-0.2, -0.15) is 0 Å². The summed E-state index contributed by atoms with van der Waals surface area (Å²) in [4.78, 5) is 2.97. The zero-order valence-corrected chi connectivity index (χ0v) is 17.7. The lowest BCUT2D eigenvalue weighted by Gasteiger charge is -2.02. The first-order chi connectivity index (χ1) is 11.2. The first-order valence-electron chi connectivity index (χ1n) is 9.10. The number of thiophene rings is 2. The number of unbranched alkanes of at least 4 members (excludes halogenated alkanes) is 6. The van der Waals surface area contributed by atoms with Crippen molar-refractivity contribution in [1.29, 1.82) is 0 Å². The fourth-order valence-corrected chi connectivity index (χ4v) is 5.71. The molecule has 0 radical (unpaired) electrons. The van der Waals surface area contributed by atoms with Crippen molar-refractivity contribution >= 4 is 38.6 Å². The lowest BCUT2D eigenvalue weighted by molar-refractivity contribution is 0.667. The van der Waals surface area contributed by atoms with Gasteiger partial charge in [0.15, 0.2) is 0 Å². The van der Waals surface area contributed by atoms with Crippen molar-refractivity contribution in [3.05, 3.63) is 32.4 Å². The zero-order valence-electron chi connectivity index (χ0n) is 14.5. The Balaban J connectivity index is 1.96. The third kappa shape index (κ3) is 6.36. The van der Waals surface area contributed by atoms with E-state index in [4.69, 9.17) is 0 Å². The van der Waals surface area contributed by atoms with Crippen molar-refractivity contribution in [2.75, 3.05) is 0 Å². The van der Waals surface area contributed by atoms with Gasteiger partial charge in [-0.3, -0.25) is 0 Å². The molecular weight excluding hydrogens is 384 g/mol. The second-order valence-corrected chi connectivity index (χ2v) is 9.69. The molecule has 0 fully saturated rings. The molecule has 0 aromatic carbocycles. The Morgan fingerprint density at radius 3 is 2.26 bits per heavy atom. The van der Waals surface area contributed by atoms with E-state index in [9.17, 15) is 0 Å². The molecule has 0 unspecified atom stereocenters. The highest BCUT2D eigenvalue weighted by molar-refractivity contribution is 9.11. The van der Waals surface area contributed by atoms with E-state index in [-0.39, 0.29) is 0 Å². The van der Waals surface area contributed by atoms with E-state index in [1.54, 1.807) is 0 Å². The van der Waals surface area contributed by atoms with E-state index < -0.39 is 0 Å². The van der Waals surface area contributed by atoms with Crippen LogP contribution in [0.1, 0.15) is 76.3 Å². The average molecular weight is 413 g/mol. The fourth-order valence-electron chi connectivity index (χ4n) is 2.91. The molecule has 0 spiro atoms. The molecule has 2 aromatic rings.